The van der Waals surface area contributed by atoms with E-state index in [4.69, 9.17) is 4.98 Å². The highest BCUT2D eigenvalue weighted by Crippen LogP contribution is 2.34. The van der Waals surface area contributed by atoms with Gasteiger partial charge in [0, 0.05) is 41.6 Å². The van der Waals surface area contributed by atoms with E-state index in [-0.39, 0.29) is 5.82 Å². The number of nitrogens with one attached hydrogen (secondary N) is 3. The average Bonchev–Trinajstić information content (AvgIpc) is 3.73. The predicted octanol–water partition coefficient (Wildman–Crippen LogP) is 6.65. The molecule has 1 aliphatic carbocycles. The lowest BCUT2D eigenvalue weighted by molar-refractivity contribution is 0.489. The second-order valence-corrected chi connectivity index (χ2v) is 10.3. The summed E-state index contributed by atoms with van der Waals surface area (Å²) >= 11 is 0. The normalized spacial score (nSPS) is 14.1. The van der Waals surface area contributed by atoms with Crippen LogP contribution >= 0.6 is 0 Å². The summed E-state index contributed by atoms with van der Waals surface area (Å²) in [4.78, 5) is 17.3. The highest BCUT2D eigenvalue weighted by Gasteiger charge is 2.17. The van der Waals surface area contributed by atoms with Crippen LogP contribution in [0.4, 0.5) is 4.39 Å². The minimum Gasteiger partial charge on any atom is -0.338 e. The largest absolute Gasteiger partial charge is 0.338 e. The van der Waals surface area contributed by atoms with Crippen molar-refractivity contribution in [1.29, 1.82) is 0 Å². The van der Waals surface area contributed by atoms with Crippen molar-refractivity contribution in [3.05, 3.63) is 84.6 Å². The Hall–Kier alpha value is -4.43. The van der Waals surface area contributed by atoms with E-state index in [1.807, 2.05) is 42.7 Å². The third-order valence-electron chi connectivity index (χ3n) is 7.69. The van der Waals surface area contributed by atoms with E-state index < -0.39 is 0 Å². The van der Waals surface area contributed by atoms with Crippen molar-refractivity contribution in [3.63, 3.8) is 0 Å². The number of rotatable bonds is 7. The molecule has 3 N–H and O–H groups in total. The molecule has 0 radical (unpaired) electrons. The standard InChI is InChI=1S/C31H28FN7/c32-25-8-4-3-7-23(25)22-11-12-35-31-24(22)14-28(37-31)30-29-27(38-39-30)10-9-26(36-29)21-13-20(17-34-18-21)16-33-15-19-5-1-2-6-19/h3-4,7-14,17-19,33H,1-2,5-6,15-16H2,(H,35,37)(H,38,39). The zero-order valence-electron chi connectivity index (χ0n) is 21.4. The lowest BCUT2D eigenvalue weighted by Gasteiger charge is -2.11. The number of benzene rings is 1. The van der Waals surface area contributed by atoms with Gasteiger partial charge in [0.15, 0.2) is 0 Å². The third kappa shape index (κ3) is 4.57. The molecular formula is C31H28FN7. The Morgan fingerprint density at radius 3 is 2.77 bits per heavy atom. The van der Waals surface area contributed by atoms with E-state index in [2.05, 4.69) is 36.5 Å². The first kappa shape index (κ1) is 23.7. The van der Waals surface area contributed by atoms with Crippen molar-refractivity contribution in [1.82, 2.24) is 35.5 Å². The Balaban J connectivity index is 1.21. The quantitative estimate of drug-likeness (QED) is 0.220. The highest BCUT2D eigenvalue weighted by molar-refractivity contribution is 5.99. The van der Waals surface area contributed by atoms with E-state index in [9.17, 15) is 4.39 Å². The minimum atomic E-state index is -0.270. The molecule has 0 spiro atoms. The molecule has 0 aliphatic heterocycles. The number of nitrogens with zero attached hydrogens (tertiary/aromatic N) is 4. The monoisotopic (exact) mass is 517 g/mol. The fraction of sp³-hybridized carbons (Fsp3) is 0.226. The van der Waals surface area contributed by atoms with Crippen molar-refractivity contribution in [3.8, 4) is 33.8 Å². The molecule has 7 rings (SSSR count). The van der Waals surface area contributed by atoms with Crippen molar-refractivity contribution < 1.29 is 4.39 Å². The van der Waals surface area contributed by atoms with Crippen LogP contribution in [0.5, 0.6) is 0 Å². The number of hydrogen-bond acceptors (Lipinski definition) is 5. The number of hydrogen-bond donors (Lipinski definition) is 3. The van der Waals surface area contributed by atoms with Gasteiger partial charge in [-0.2, -0.15) is 5.10 Å². The summed E-state index contributed by atoms with van der Waals surface area (Å²) < 4.78 is 14.6. The number of pyridine rings is 3. The minimum absolute atomic E-state index is 0.270. The Morgan fingerprint density at radius 2 is 1.87 bits per heavy atom. The van der Waals surface area contributed by atoms with Crippen molar-refractivity contribution in [2.45, 2.75) is 32.2 Å². The van der Waals surface area contributed by atoms with Gasteiger partial charge in [-0.25, -0.2) is 14.4 Å². The van der Waals surface area contributed by atoms with E-state index in [1.165, 1.54) is 31.7 Å². The fourth-order valence-corrected chi connectivity index (χ4v) is 5.68. The Morgan fingerprint density at radius 1 is 0.974 bits per heavy atom. The van der Waals surface area contributed by atoms with Gasteiger partial charge in [0.25, 0.3) is 0 Å². The molecule has 39 heavy (non-hydrogen) atoms. The van der Waals surface area contributed by atoms with Crippen LogP contribution in [-0.4, -0.2) is 36.7 Å². The molecule has 7 nitrogen and oxygen atoms in total. The maximum atomic E-state index is 14.6. The Kier molecular flexibility index (Phi) is 6.09. The maximum Gasteiger partial charge on any atom is 0.138 e. The molecule has 1 saturated carbocycles. The first-order valence-corrected chi connectivity index (χ1v) is 13.5. The highest BCUT2D eigenvalue weighted by atomic mass is 19.1. The van der Waals surface area contributed by atoms with Gasteiger partial charge in [-0.05, 0) is 72.8 Å². The van der Waals surface area contributed by atoms with Gasteiger partial charge in [0.2, 0.25) is 0 Å². The van der Waals surface area contributed by atoms with Crippen molar-refractivity contribution in [2.24, 2.45) is 5.92 Å². The zero-order valence-corrected chi connectivity index (χ0v) is 21.4. The first-order chi connectivity index (χ1) is 19.2. The zero-order chi connectivity index (χ0) is 26.2. The number of fused-ring (bicyclic) bond motifs is 2. The van der Waals surface area contributed by atoms with Crippen LogP contribution in [0.3, 0.4) is 0 Å². The molecule has 5 heterocycles. The summed E-state index contributed by atoms with van der Waals surface area (Å²) in [6.07, 6.45) is 10.8. The molecule has 0 saturated heterocycles. The molecule has 1 fully saturated rings. The third-order valence-corrected chi connectivity index (χ3v) is 7.69. The van der Waals surface area contributed by atoms with Crippen LogP contribution in [0.2, 0.25) is 0 Å². The summed E-state index contributed by atoms with van der Waals surface area (Å²) in [6.45, 7) is 1.85. The van der Waals surface area contributed by atoms with Gasteiger partial charge < -0.3 is 10.3 Å². The van der Waals surface area contributed by atoms with Gasteiger partial charge in [0.1, 0.15) is 22.7 Å². The van der Waals surface area contributed by atoms with Crippen LogP contribution in [0.1, 0.15) is 31.2 Å². The van der Waals surface area contributed by atoms with E-state index in [1.54, 1.807) is 18.3 Å². The first-order valence-electron chi connectivity index (χ1n) is 13.5. The van der Waals surface area contributed by atoms with Crippen LogP contribution in [0, 0.1) is 11.7 Å². The van der Waals surface area contributed by atoms with E-state index >= 15 is 0 Å². The summed E-state index contributed by atoms with van der Waals surface area (Å²) in [5.41, 5.74) is 7.94. The number of H-pyrrole nitrogens is 2. The van der Waals surface area contributed by atoms with Crippen LogP contribution in [-0.2, 0) is 6.54 Å². The molecule has 0 unspecified atom stereocenters. The molecule has 1 aliphatic rings. The lowest BCUT2D eigenvalue weighted by Crippen LogP contribution is -2.20. The summed E-state index contributed by atoms with van der Waals surface area (Å²) in [5.74, 6) is 0.529. The van der Waals surface area contributed by atoms with Crippen LogP contribution < -0.4 is 5.32 Å². The second kappa shape index (κ2) is 10.0. The number of halogens is 1. The summed E-state index contributed by atoms with van der Waals surface area (Å²) in [5, 5.41) is 12.1. The van der Waals surface area contributed by atoms with Gasteiger partial charge in [0.05, 0.1) is 16.9 Å². The smallest absolute Gasteiger partial charge is 0.138 e. The van der Waals surface area contributed by atoms with E-state index in [0.29, 0.717) is 16.9 Å². The second-order valence-electron chi connectivity index (χ2n) is 10.3. The molecule has 0 atom stereocenters. The molecule has 0 amide bonds. The Labute approximate surface area is 224 Å². The summed E-state index contributed by atoms with van der Waals surface area (Å²) in [7, 11) is 0. The fourth-order valence-electron chi connectivity index (χ4n) is 5.68. The average molecular weight is 518 g/mol. The predicted molar refractivity (Wildman–Crippen MR) is 151 cm³/mol. The molecule has 1 aromatic carbocycles. The van der Waals surface area contributed by atoms with Gasteiger partial charge in [-0.1, -0.05) is 31.0 Å². The topological polar surface area (TPSA) is 95.2 Å². The SMILES string of the molecule is Fc1ccccc1-c1ccnc2[nH]c(-c3n[nH]c4ccc(-c5cncc(CNCC6CCCC6)c5)nc34)cc12. The Bertz CT molecular complexity index is 1780. The molecule has 8 heteroatoms. The number of aromatic nitrogens is 6. The molecular weight excluding hydrogens is 489 g/mol. The molecule has 194 valence electrons. The molecule has 0 bridgehead atoms. The molecule has 5 aromatic heterocycles. The van der Waals surface area contributed by atoms with Gasteiger partial charge in [-0.3, -0.25) is 10.1 Å². The lowest BCUT2D eigenvalue weighted by atomic mass is 10.0. The van der Waals surface area contributed by atoms with Crippen molar-refractivity contribution in [2.75, 3.05) is 6.54 Å². The summed E-state index contributed by atoms with van der Waals surface area (Å²) in [6, 6.07) is 16.7. The molecule has 6 aromatic rings. The van der Waals surface area contributed by atoms with E-state index in [0.717, 1.165) is 63.5 Å². The van der Waals surface area contributed by atoms with Gasteiger partial charge in [-0.15, -0.1) is 0 Å². The van der Waals surface area contributed by atoms with Crippen LogP contribution in [0.15, 0.2) is 73.2 Å². The van der Waals surface area contributed by atoms with Gasteiger partial charge >= 0.3 is 0 Å². The van der Waals surface area contributed by atoms with Crippen molar-refractivity contribution >= 4 is 22.1 Å². The number of aromatic amines is 2. The van der Waals surface area contributed by atoms with Crippen LogP contribution in [0.25, 0.3) is 55.8 Å². The maximum absolute atomic E-state index is 14.6.